The van der Waals surface area contributed by atoms with Crippen molar-refractivity contribution < 1.29 is 9.21 Å². The summed E-state index contributed by atoms with van der Waals surface area (Å²) < 4.78 is 7.49. The van der Waals surface area contributed by atoms with Gasteiger partial charge in [0.2, 0.25) is 0 Å². The molecule has 124 valence electrons. The summed E-state index contributed by atoms with van der Waals surface area (Å²) in [6, 6.07) is 9.58. The normalized spacial score (nSPS) is 10.8. The number of hydrogen-bond donors (Lipinski definition) is 1. The minimum atomic E-state index is -0.0993. The lowest BCUT2D eigenvalue weighted by Gasteiger charge is -2.07. The van der Waals surface area contributed by atoms with E-state index in [0.29, 0.717) is 12.2 Å². The first-order valence-electron chi connectivity index (χ1n) is 8.11. The molecule has 0 aliphatic heterocycles. The van der Waals surface area contributed by atoms with E-state index in [1.54, 1.807) is 12.4 Å². The van der Waals surface area contributed by atoms with Crippen molar-refractivity contribution >= 4 is 5.91 Å². The Kier molecular flexibility index (Phi) is 4.79. The summed E-state index contributed by atoms with van der Waals surface area (Å²) in [6.45, 7) is 5.17. The van der Waals surface area contributed by atoms with E-state index in [1.165, 1.54) is 0 Å². The Morgan fingerprint density at radius 2 is 2.00 bits per heavy atom. The molecule has 0 unspecified atom stereocenters. The van der Waals surface area contributed by atoms with Crippen molar-refractivity contribution in [2.45, 2.75) is 33.4 Å². The second-order valence-corrected chi connectivity index (χ2v) is 5.74. The van der Waals surface area contributed by atoms with Crippen LogP contribution in [0.15, 0.2) is 53.3 Å². The van der Waals surface area contributed by atoms with Crippen molar-refractivity contribution in [1.82, 2.24) is 14.9 Å². The standard InChI is InChI=1S/C19H21N3O2/c1-3-10-22-13-16(15-6-8-20-9-7-15)11-18(22)19(23)21-12-17-5-4-14(2)24-17/h4-9,11,13H,3,10,12H2,1-2H3,(H,21,23). The summed E-state index contributed by atoms with van der Waals surface area (Å²) in [5.74, 6) is 1.50. The van der Waals surface area contributed by atoms with Gasteiger partial charge in [0.1, 0.15) is 17.2 Å². The van der Waals surface area contributed by atoms with E-state index < -0.39 is 0 Å². The maximum Gasteiger partial charge on any atom is 0.268 e. The third-order valence-corrected chi connectivity index (χ3v) is 3.83. The van der Waals surface area contributed by atoms with Gasteiger partial charge in [-0.25, -0.2) is 0 Å². The maximum absolute atomic E-state index is 12.6. The average molecular weight is 323 g/mol. The number of amides is 1. The second-order valence-electron chi connectivity index (χ2n) is 5.74. The van der Waals surface area contributed by atoms with Gasteiger partial charge in [0, 0.05) is 30.7 Å². The van der Waals surface area contributed by atoms with Crippen molar-refractivity contribution in [2.75, 3.05) is 0 Å². The Morgan fingerprint density at radius 3 is 2.67 bits per heavy atom. The molecule has 3 heterocycles. The number of nitrogens with zero attached hydrogens (tertiary/aromatic N) is 2. The summed E-state index contributed by atoms with van der Waals surface area (Å²) >= 11 is 0. The van der Waals surface area contributed by atoms with Gasteiger partial charge in [0.25, 0.3) is 5.91 Å². The molecule has 5 nitrogen and oxygen atoms in total. The monoisotopic (exact) mass is 323 g/mol. The highest BCUT2D eigenvalue weighted by atomic mass is 16.3. The fourth-order valence-corrected chi connectivity index (χ4v) is 2.67. The van der Waals surface area contributed by atoms with E-state index >= 15 is 0 Å². The van der Waals surface area contributed by atoms with E-state index in [0.717, 1.165) is 35.6 Å². The zero-order valence-corrected chi connectivity index (χ0v) is 14.0. The third-order valence-electron chi connectivity index (χ3n) is 3.83. The lowest BCUT2D eigenvalue weighted by atomic mass is 10.1. The van der Waals surface area contributed by atoms with Gasteiger partial charge in [0.15, 0.2) is 0 Å². The Hall–Kier alpha value is -2.82. The van der Waals surface area contributed by atoms with Gasteiger partial charge in [0.05, 0.1) is 6.54 Å². The molecule has 1 N–H and O–H groups in total. The molecule has 0 aromatic carbocycles. The number of aryl methyl sites for hydroxylation is 2. The molecule has 0 spiro atoms. The van der Waals surface area contributed by atoms with E-state index in [4.69, 9.17) is 4.42 Å². The third kappa shape index (κ3) is 3.56. The van der Waals surface area contributed by atoms with Crippen LogP contribution >= 0.6 is 0 Å². The first-order chi connectivity index (χ1) is 11.7. The maximum atomic E-state index is 12.6. The quantitative estimate of drug-likeness (QED) is 0.751. The molecule has 0 aliphatic carbocycles. The molecule has 1 amide bonds. The molecule has 3 rings (SSSR count). The molecule has 3 aromatic rings. The van der Waals surface area contributed by atoms with E-state index in [-0.39, 0.29) is 5.91 Å². The van der Waals surface area contributed by atoms with Crippen LogP contribution in [0.25, 0.3) is 11.1 Å². The molecule has 0 atom stereocenters. The van der Waals surface area contributed by atoms with Crippen molar-refractivity contribution in [3.8, 4) is 11.1 Å². The van der Waals surface area contributed by atoms with Gasteiger partial charge in [-0.2, -0.15) is 0 Å². The molecule has 0 saturated heterocycles. The van der Waals surface area contributed by atoms with Crippen molar-refractivity contribution in [1.29, 1.82) is 0 Å². The molecule has 3 aromatic heterocycles. The second kappa shape index (κ2) is 7.17. The SMILES string of the molecule is CCCn1cc(-c2ccncc2)cc1C(=O)NCc1ccc(C)o1. The van der Waals surface area contributed by atoms with Gasteiger partial charge in [-0.1, -0.05) is 6.92 Å². The fraction of sp³-hybridized carbons (Fsp3) is 0.263. The Balaban J connectivity index is 1.80. The molecule has 5 heteroatoms. The molecular formula is C19H21N3O2. The number of pyridine rings is 1. The number of carbonyl (C=O) groups is 1. The van der Waals surface area contributed by atoms with Crippen molar-refractivity contribution in [3.63, 3.8) is 0 Å². The number of rotatable bonds is 6. The molecule has 0 aliphatic rings. The number of hydrogen-bond acceptors (Lipinski definition) is 3. The molecular weight excluding hydrogens is 302 g/mol. The van der Waals surface area contributed by atoms with Gasteiger partial charge >= 0.3 is 0 Å². The fourth-order valence-electron chi connectivity index (χ4n) is 2.67. The Morgan fingerprint density at radius 1 is 1.21 bits per heavy atom. The number of furan rings is 1. The first kappa shape index (κ1) is 16.1. The smallest absolute Gasteiger partial charge is 0.268 e. The van der Waals surface area contributed by atoms with Crippen LogP contribution in [0.3, 0.4) is 0 Å². The van der Waals surface area contributed by atoms with Crippen LogP contribution in [-0.4, -0.2) is 15.5 Å². The molecule has 0 fully saturated rings. The Bertz CT molecular complexity index is 818. The van der Waals surface area contributed by atoms with Crippen molar-refractivity contribution in [3.05, 3.63) is 66.1 Å². The van der Waals surface area contributed by atoms with Crippen LogP contribution in [0, 0.1) is 6.92 Å². The highest BCUT2D eigenvalue weighted by Crippen LogP contribution is 2.22. The lowest BCUT2D eigenvalue weighted by molar-refractivity contribution is 0.0938. The van der Waals surface area contributed by atoms with Crippen LogP contribution in [-0.2, 0) is 13.1 Å². The predicted molar refractivity (Wildman–Crippen MR) is 92.6 cm³/mol. The van der Waals surface area contributed by atoms with Crippen LogP contribution < -0.4 is 5.32 Å². The summed E-state index contributed by atoms with van der Waals surface area (Å²) in [5.41, 5.74) is 2.73. The van der Waals surface area contributed by atoms with Crippen LogP contribution in [0.1, 0.15) is 35.4 Å². The van der Waals surface area contributed by atoms with Crippen LogP contribution in [0.5, 0.6) is 0 Å². The van der Waals surface area contributed by atoms with Crippen LogP contribution in [0.4, 0.5) is 0 Å². The van der Waals surface area contributed by atoms with Gasteiger partial charge in [-0.15, -0.1) is 0 Å². The minimum absolute atomic E-state index is 0.0993. The van der Waals surface area contributed by atoms with Crippen molar-refractivity contribution in [2.24, 2.45) is 0 Å². The van der Waals surface area contributed by atoms with E-state index in [1.807, 2.05) is 48.0 Å². The minimum Gasteiger partial charge on any atom is -0.465 e. The summed E-state index contributed by atoms with van der Waals surface area (Å²) in [7, 11) is 0. The number of nitrogens with one attached hydrogen (secondary N) is 1. The lowest BCUT2D eigenvalue weighted by Crippen LogP contribution is -2.25. The topological polar surface area (TPSA) is 60.1 Å². The van der Waals surface area contributed by atoms with Gasteiger partial charge in [-0.3, -0.25) is 9.78 Å². The van der Waals surface area contributed by atoms with Crippen LogP contribution in [0.2, 0.25) is 0 Å². The molecule has 0 bridgehead atoms. The molecule has 24 heavy (non-hydrogen) atoms. The largest absolute Gasteiger partial charge is 0.465 e. The Labute approximate surface area is 141 Å². The summed E-state index contributed by atoms with van der Waals surface area (Å²) in [5, 5.41) is 2.93. The average Bonchev–Trinajstić information content (AvgIpc) is 3.20. The molecule has 0 radical (unpaired) electrons. The van der Waals surface area contributed by atoms with E-state index in [2.05, 4.69) is 17.2 Å². The number of carbonyl (C=O) groups excluding carboxylic acids is 1. The zero-order chi connectivity index (χ0) is 16.9. The summed E-state index contributed by atoms with van der Waals surface area (Å²) in [4.78, 5) is 16.6. The summed E-state index contributed by atoms with van der Waals surface area (Å²) in [6.07, 6.45) is 6.49. The predicted octanol–water partition coefficient (Wildman–Crippen LogP) is 3.79. The number of aromatic nitrogens is 2. The zero-order valence-electron chi connectivity index (χ0n) is 14.0. The highest BCUT2D eigenvalue weighted by Gasteiger charge is 2.14. The van der Waals surface area contributed by atoms with Gasteiger partial charge < -0.3 is 14.3 Å². The van der Waals surface area contributed by atoms with Gasteiger partial charge in [-0.05, 0) is 49.2 Å². The first-order valence-corrected chi connectivity index (χ1v) is 8.11. The highest BCUT2D eigenvalue weighted by molar-refractivity contribution is 5.94. The molecule has 0 saturated carbocycles. The van der Waals surface area contributed by atoms with E-state index in [9.17, 15) is 4.79 Å².